The van der Waals surface area contributed by atoms with Crippen molar-refractivity contribution < 1.29 is 4.74 Å². The predicted octanol–water partition coefficient (Wildman–Crippen LogP) is 4.63. The smallest absolute Gasteiger partial charge is 0.0975 e. The second kappa shape index (κ2) is 7.00. The van der Waals surface area contributed by atoms with E-state index in [9.17, 15) is 0 Å². The summed E-state index contributed by atoms with van der Waals surface area (Å²) in [5.74, 6) is 0.614. The lowest BCUT2D eigenvalue weighted by atomic mass is 9.60. The molecule has 0 aromatic carbocycles. The van der Waals surface area contributed by atoms with Crippen LogP contribution in [0.3, 0.4) is 0 Å². The van der Waals surface area contributed by atoms with E-state index in [1.807, 2.05) is 18.5 Å². The third-order valence-electron chi connectivity index (χ3n) is 9.66. The maximum Gasteiger partial charge on any atom is 0.0975 e. The van der Waals surface area contributed by atoms with Crippen LogP contribution in [-0.4, -0.2) is 47.3 Å². The van der Waals surface area contributed by atoms with E-state index in [1.165, 1.54) is 62.5 Å². The first kappa shape index (κ1) is 20.1. The Balaban J connectivity index is 1.29. The van der Waals surface area contributed by atoms with Gasteiger partial charge in [-0.05, 0) is 99.6 Å². The number of allylic oxidation sites excluding steroid dienone is 1. The highest BCUT2D eigenvalue weighted by atomic mass is 16.5. The molecule has 1 N–H and O–H groups in total. The number of ether oxygens (including phenoxy) is 1. The topological polar surface area (TPSA) is 37.4 Å². The minimum Gasteiger partial charge on any atom is -0.359 e. The molecule has 31 heavy (non-hydrogen) atoms. The summed E-state index contributed by atoms with van der Waals surface area (Å²) in [6, 6.07) is 5.39. The molecular weight excluding hydrogens is 382 g/mol. The minimum atomic E-state index is -0.0462. The fourth-order valence-electron chi connectivity index (χ4n) is 7.90. The first-order valence-corrected chi connectivity index (χ1v) is 12.4. The largest absolute Gasteiger partial charge is 0.359 e. The zero-order valence-corrected chi connectivity index (χ0v) is 19.4. The van der Waals surface area contributed by atoms with E-state index in [2.05, 4.69) is 54.4 Å². The fourth-order valence-corrected chi connectivity index (χ4v) is 7.90. The van der Waals surface area contributed by atoms with Crippen LogP contribution < -0.4 is 5.32 Å². The lowest BCUT2D eigenvalue weighted by Crippen LogP contribution is -2.56. The Labute approximate surface area is 187 Å². The Hall–Kier alpha value is -1.49. The lowest BCUT2D eigenvalue weighted by Gasteiger charge is -2.54. The highest BCUT2D eigenvalue weighted by molar-refractivity contribution is 5.47. The van der Waals surface area contributed by atoms with Crippen molar-refractivity contribution in [1.29, 1.82) is 0 Å². The molecule has 4 nitrogen and oxygen atoms in total. The molecule has 2 bridgehead atoms. The van der Waals surface area contributed by atoms with E-state index < -0.39 is 0 Å². The van der Waals surface area contributed by atoms with Gasteiger partial charge in [0.2, 0.25) is 0 Å². The van der Waals surface area contributed by atoms with E-state index in [0.717, 1.165) is 6.54 Å². The maximum absolute atomic E-state index is 7.35. The molecule has 4 heteroatoms. The second-order valence-corrected chi connectivity index (χ2v) is 11.3. The van der Waals surface area contributed by atoms with Gasteiger partial charge in [-0.3, -0.25) is 4.98 Å². The highest BCUT2D eigenvalue weighted by Crippen LogP contribution is 2.66. The standard InChI is InChI=1S/C27H37N3O/c1-25-11-10-21-15-20-6-7-22(30(2)3)16-26(20)12-13-27(21,31-26)23(25)8-9-24(25)29-18-19-5-4-14-28-17-19/h4-5,10,14-15,17,22-24,29H,6-9,11-13,16,18H2,1-3H3/t22?,23-,24+,25+,26-,27-/m1/s1. The van der Waals surface area contributed by atoms with Gasteiger partial charge in [0.05, 0.1) is 11.2 Å². The summed E-state index contributed by atoms with van der Waals surface area (Å²) in [7, 11) is 4.48. The Kier molecular flexibility index (Phi) is 4.55. The molecule has 1 aromatic heterocycles. The van der Waals surface area contributed by atoms with Crippen molar-refractivity contribution in [2.24, 2.45) is 11.3 Å². The SMILES string of the molecule is CN(C)C1CCC2=CC3=CC[C@]4(C)[C@@H](NCc5cccnc5)CC[C@H]4[C@@]34CC[C@]2(C1)O4. The van der Waals surface area contributed by atoms with E-state index in [0.29, 0.717) is 18.0 Å². The lowest BCUT2D eigenvalue weighted by molar-refractivity contribution is -0.140. The molecule has 6 atom stereocenters. The van der Waals surface area contributed by atoms with Crippen molar-refractivity contribution in [3.05, 3.63) is 53.4 Å². The number of nitrogens with one attached hydrogen (secondary N) is 1. The van der Waals surface area contributed by atoms with E-state index in [1.54, 1.807) is 5.57 Å². The quantitative estimate of drug-likeness (QED) is 0.772. The molecule has 2 aliphatic heterocycles. The molecule has 3 aliphatic carbocycles. The van der Waals surface area contributed by atoms with Gasteiger partial charge in [-0.25, -0.2) is 0 Å². The van der Waals surface area contributed by atoms with Crippen LogP contribution in [0.25, 0.3) is 0 Å². The van der Waals surface area contributed by atoms with Gasteiger partial charge in [0.15, 0.2) is 0 Å². The fraction of sp³-hybridized carbons (Fsp3) is 0.667. The molecule has 0 amide bonds. The van der Waals surface area contributed by atoms with E-state index in [-0.39, 0.29) is 16.6 Å². The molecule has 6 rings (SSSR count). The van der Waals surface area contributed by atoms with Gasteiger partial charge in [-0.1, -0.05) is 25.1 Å². The Morgan fingerprint density at radius 2 is 2.13 bits per heavy atom. The van der Waals surface area contributed by atoms with Crippen LogP contribution in [-0.2, 0) is 11.3 Å². The van der Waals surface area contributed by atoms with E-state index in [4.69, 9.17) is 4.74 Å². The molecule has 1 saturated heterocycles. The summed E-state index contributed by atoms with van der Waals surface area (Å²) < 4.78 is 7.35. The summed E-state index contributed by atoms with van der Waals surface area (Å²) in [5, 5.41) is 3.92. The van der Waals surface area contributed by atoms with Gasteiger partial charge in [0.1, 0.15) is 0 Å². The molecule has 2 spiro atoms. The number of fused-ring (bicyclic) bond motifs is 1. The van der Waals surface area contributed by atoms with Crippen LogP contribution >= 0.6 is 0 Å². The number of aromatic nitrogens is 1. The maximum atomic E-state index is 7.35. The third-order valence-corrected chi connectivity index (χ3v) is 9.66. The molecule has 3 fully saturated rings. The van der Waals surface area contributed by atoms with Gasteiger partial charge in [-0.2, -0.15) is 0 Å². The van der Waals surface area contributed by atoms with Crippen LogP contribution in [0.4, 0.5) is 0 Å². The first-order chi connectivity index (χ1) is 15.0. The first-order valence-electron chi connectivity index (χ1n) is 12.4. The summed E-state index contributed by atoms with van der Waals surface area (Å²) in [5.41, 5.74) is 4.61. The van der Waals surface area contributed by atoms with Gasteiger partial charge in [0.25, 0.3) is 0 Å². The number of hydrogen-bond acceptors (Lipinski definition) is 4. The number of nitrogens with zero attached hydrogens (tertiary/aromatic N) is 2. The van der Waals surface area contributed by atoms with Gasteiger partial charge >= 0.3 is 0 Å². The van der Waals surface area contributed by atoms with Crippen molar-refractivity contribution >= 4 is 0 Å². The number of pyridine rings is 1. The molecule has 3 heterocycles. The zero-order valence-electron chi connectivity index (χ0n) is 19.4. The minimum absolute atomic E-state index is 0.00397. The summed E-state index contributed by atoms with van der Waals surface area (Å²) in [6.45, 7) is 3.44. The third kappa shape index (κ3) is 2.87. The van der Waals surface area contributed by atoms with Crippen LogP contribution in [0.2, 0.25) is 0 Å². The van der Waals surface area contributed by atoms with Gasteiger partial charge < -0.3 is 15.0 Å². The molecule has 0 radical (unpaired) electrons. The van der Waals surface area contributed by atoms with Crippen molar-refractivity contribution in [2.75, 3.05) is 14.1 Å². The number of hydrogen-bond donors (Lipinski definition) is 1. The molecule has 166 valence electrons. The summed E-state index contributed by atoms with van der Waals surface area (Å²) >= 11 is 0. The normalized spacial score (nSPS) is 43.2. The van der Waals surface area contributed by atoms with Crippen molar-refractivity contribution in [2.45, 2.75) is 88.1 Å². The van der Waals surface area contributed by atoms with E-state index >= 15 is 0 Å². The van der Waals surface area contributed by atoms with Crippen LogP contribution in [0.15, 0.2) is 47.8 Å². The van der Waals surface area contributed by atoms with Crippen molar-refractivity contribution in [3.8, 4) is 0 Å². The Morgan fingerprint density at radius 3 is 2.94 bits per heavy atom. The Morgan fingerprint density at radius 1 is 1.23 bits per heavy atom. The van der Waals surface area contributed by atoms with Crippen LogP contribution in [0.1, 0.15) is 63.9 Å². The van der Waals surface area contributed by atoms with Crippen molar-refractivity contribution in [1.82, 2.24) is 15.2 Å². The predicted molar refractivity (Wildman–Crippen MR) is 124 cm³/mol. The summed E-state index contributed by atoms with van der Waals surface area (Å²) in [6.07, 6.45) is 18.7. The monoisotopic (exact) mass is 419 g/mol. The zero-order chi connectivity index (χ0) is 21.3. The molecule has 2 saturated carbocycles. The highest BCUT2D eigenvalue weighted by Gasteiger charge is 2.66. The summed E-state index contributed by atoms with van der Waals surface area (Å²) in [4.78, 5) is 6.71. The van der Waals surface area contributed by atoms with Gasteiger partial charge in [-0.15, -0.1) is 0 Å². The molecule has 5 aliphatic rings. The van der Waals surface area contributed by atoms with Crippen LogP contribution in [0, 0.1) is 11.3 Å². The van der Waals surface area contributed by atoms with Gasteiger partial charge in [0, 0.05) is 31.0 Å². The molecule has 1 aromatic rings. The molecular formula is C27H37N3O. The average molecular weight is 420 g/mol. The Bertz CT molecular complexity index is 924. The number of rotatable bonds is 4. The average Bonchev–Trinajstić information content (AvgIpc) is 3.27. The van der Waals surface area contributed by atoms with Crippen molar-refractivity contribution in [3.63, 3.8) is 0 Å². The second-order valence-electron chi connectivity index (χ2n) is 11.3. The van der Waals surface area contributed by atoms with Crippen LogP contribution in [0.5, 0.6) is 0 Å². The molecule has 1 unspecified atom stereocenters.